The molecule has 0 aliphatic carbocycles. The highest BCUT2D eigenvalue weighted by Gasteiger charge is 2.36. The number of fused-ring (bicyclic) bond motifs is 1. The standard InChI is InChI=1S/C26H31N5O4S/c1-3-35-24-11-7-6-10-23(24)29-14-16-31(17-15-29)36(33,34)25-22(19-28(2)27-25)26(32)30-13-12-20-8-4-5-9-21(20)18-30/h4-11,19H,3,12-18H2,1-2H3. The second-order valence-corrected chi connectivity index (χ2v) is 10.9. The SMILES string of the molecule is CCOc1ccccc1N1CCN(S(=O)(=O)c2nn(C)cc2C(=O)N2CCc3ccccc3C2)CC1. The number of nitrogens with zero attached hydrogens (tertiary/aromatic N) is 5. The Balaban J connectivity index is 1.34. The van der Waals surface area contributed by atoms with Gasteiger partial charge in [0, 0.05) is 52.5 Å². The molecule has 1 saturated heterocycles. The molecule has 0 N–H and O–H groups in total. The number of rotatable bonds is 6. The van der Waals surface area contributed by atoms with Crippen LogP contribution in [0.15, 0.2) is 59.8 Å². The van der Waals surface area contributed by atoms with E-state index < -0.39 is 10.0 Å². The van der Waals surface area contributed by atoms with Crippen molar-refractivity contribution in [1.29, 1.82) is 0 Å². The van der Waals surface area contributed by atoms with Gasteiger partial charge in [-0.05, 0) is 36.6 Å². The number of amides is 1. The minimum atomic E-state index is -3.95. The molecule has 1 fully saturated rings. The second-order valence-electron chi connectivity index (χ2n) is 9.06. The average Bonchev–Trinajstić information content (AvgIpc) is 3.31. The van der Waals surface area contributed by atoms with E-state index in [0.29, 0.717) is 45.9 Å². The molecule has 3 heterocycles. The summed E-state index contributed by atoms with van der Waals surface area (Å²) in [7, 11) is -2.30. The summed E-state index contributed by atoms with van der Waals surface area (Å²) in [5, 5.41) is 4.07. The lowest BCUT2D eigenvalue weighted by Crippen LogP contribution is -2.49. The third-order valence-electron chi connectivity index (χ3n) is 6.77. The van der Waals surface area contributed by atoms with Gasteiger partial charge in [0.1, 0.15) is 5.75 Å². The van der Waals surface area contributed by atoms with Crippen LogP contribution in [-0.2, 0) is 30.0 Å². The predicted molar refractivity (Wildman–Crippen MR) is 137 cm³/mol. The van der Waals surface area contributed by atoms with Crippen molar-refractivity contribution in [2.75, 3.05) is 44.2 Å². The molecule has 5 rings (SSSR count). The summed E-state index contributed by atoms with van der Waals surface area (Å²) < 4.78 is 35.9. The van der Waals surface area contributed by atoms with Crippen LogP contribution in [-0.4, -0.2) is 72.6 Å². The Morgan fingerprint density at radius 3 is 2.42 bits per heavy atom. The number of aromatic nitrogens is 2. The maximum atomic E-state index is 13.7. The fourth-order valence-corrected chi connectivity index (χ4v) is 6.47. The first kappa shape index (κ1) is 24.3. The highest BCUT2D eigenvalue weighted by molar-refractivity contribution is 7.89. The largest absolute Gasteiger partial charge is 0.492 e. The Kier molecular flexibility index (Phi) is 6.72. The number of aryl methyl sites for hydroxylation is 1. The Morgan fingerprint density at radius 2 is 1.67 bits per heavy atom. The molecular weight excluding hydrogens is 478 g/mol. The lowest BCUT2D eigenvalue weighted by molar-refractivity contribution is 0.0730. The first-order valence-corrected chi connectivity index (χ1v) is 13.7. The van der Waals surface area contributed by atoms with Crippen molar-refractivity contribution in [3.05, 3.63) is 71.4 Å². The van der Waals surface area contributed by atoms with Crippen molar-refractivity contribution >= 4 is 21.6 Å². The van der Waals surface area contributed by atoms with Gasteiger partial charge in [-0.1, -0.05) is 36.4 Å². The molecule has 36 heavy (non-hydrogen) atoms. The minimum Gasteiger partial charge on any atom is -0.492 e. The molecule has 0 radical (unpaired) electrons. The van der Waals surface area contributed by atoms with E-state index in [1.807, 2.05) is 49.4 Å². The summed E-state index contributed by atoms with van der Waals surface area (Å²) in [6.07, 6.45) is 2.26. The van der Waals surface area contributed by atoms with E-state index in [-0.39, 0.29) is 16.5 Å². The van der Waals surface area contributed by atoms with Crippen molar-refractivity contribution in [1.82, 2.24) is 19.0 Å². The van der Waals surface area contributed by atoms with E-state index in [4.69, 9.17) is 4.74 Å². The molecule has 0 bridgehead atoms. The number of piperazine rings is 1. The molecule has 2 aliphatic rings. The molecule has 2 aliphatic heterocycles. The molecule has 0 atom stereocenters. The Labute approximate surface area is 211 Å². The van der Waals surface area contributed by atoms with Gasteiger partial charge in [-0.15, -0.1) is 0 Å². The summed E-state index contributed by atoms with van der Waals surface area (Å²) in [4.78, 5) is 17.3. The van der Waals surface area contributed by atoms with Crippen LogP contribution in [0.25, 0.3) is 0 Å². The van der Waals surface area contributed by atoms with Gasteiger partial charge >= 0.3 is 0 Å². The van der Waals surface area contributed by atoms with Crippen molar-refractivity contribution in [2.45, 2.75) is 24.9 Å². The number of carbonyl (C=O) groups is 1. The van der Waals surface area contributed by atoms with Gasteiger partial charge in [-0.2, -0.15) is 9.40 Å². The second kappa shape index (κ2) is 9.94. The summed E-state index contributed by atoms with van der Waals surface area (Å²) in [5.74, 6) is 0.484. The van der Waals surface area contributed by atoms with Crippen molar-refractivity contribution < 1.29 is 17.9 Å². The minimum absolute atomic E-state index is 0.126. The summed E-state index contributed by atoms with van der Waals surface area (Å²) in [6, 6.07) is 15.8. The maximum absolute atomic E-state index is 13.7. The smallest absolute Gasteiger partial charge is 0.263 e. The van der Waals surface area contributed by atoms with E-state index in [9.17, 15) is 13.2 Å². The number of hydrogen-bond acceptors (Lipinski definition) is 6. The van der Waals surface area contributed by atoms with Gasteiger partial charge in [-0.25, -0.2) is 8.42 Å². The fourth-order valence-electron chi connectivity index (χ4n) is 4.93. The number of ether oxygens (including phenoxy) is 1. The first-order valence-electron chi connectivity index (χ1n) is 12.2. The van der Waals surface area contributed by atoms with Crippen LogP contribution in [0.4, 0.5) is 5.69 Å². The fraction of sp³-hybridized carbons (Fsp3) is 0.385. The van der Waals surface area contributed by atoms with Crippen molar-refractivity contribution in [2.24, 2.45) is 7.05 Å². The number of anilines is 1. The van der Waals surface area contributed by atoms with E-state index in [2.05, 4.69) is 16.1 Å². The third-order valence-corrected chi connectivity index (χ3v) is 8.61. The average molecular weight is 510 g/mol. The van der Waals surface area contributed by atoms with Crippen molar-refractivity contribution in [3.8, 4) is 5.75 Å². The number of benzene rings is 2. The zero-order valence-corrected chi connectivity index (χ0v) is 21.4. The van der Waals surface area contributed by atoms with Gasteiger partial charge < -0.3 is 14.5 Å². The molecule has 0 spiro atoms. The maximum Gasteiger partial charge on any atom is 0.263 e. The van der Waals surface area contributed by atoms with Gasteiger partial charge in [0.25, 0.3) is 15.9 Å². The zero-order valence-electron chi connectivity index (χ0n) is 20.6. The molecule has 1 aromatic heterocycles. The van der Waals surface area contributed by atoms with Crippen LogP contribution in [0.5, 0.6) is 5.75 Å². The third kappa shape index (κ3) is 4.58. The molecule has 0 unspecified atom stereocenters. The number of sulfonamides is 1. The Hall–Kier alpha value is -3.37. The van der Waals surface area contributed by atoms with Gasteiger partial charge in [0.2, 0.25) is 5.03 Å². The van der Waals surface area contributed by atoms with Crippen LogP contribution in [0.1, 0.15) is 28.4 Å². The van der Waals surface area contributed by atoms with Gasteiger partial charge in [0.05, 0.1) is 17.9 Å². The molecule has 9 nitrogen and oxygen atoms in total. The molecular formula is C26H31N5O4S. The highest BCUT2D eigenvalue weighted by atomic mass is 32.2. The summed E-state index contributed by atoms with van der Waals surface area (Å²) >= 11 is 0. The highest BCUT2D eigenvalue weighted by Crippen LogP contribution is 2.30. The Bertz CT molecular complexity index is 1360. The normalized spacial score (nSPS) is 16.6. The van der Waals surface area contributed by atoms with Crippen LogP contribution in [0.2, 0.25) is 0 Å². The monoisotopic (exact) mass is 509 g/mol. The van der Waals surface area contributed by atoms with E-state index in [1.54, 1.807) is 11.9 Å². The zero-order chi connectivity index (χ0) is 25.3. The van der Waals surface area contributed by atoms with Crippen LogP contribution in [0, 0.1) is 0 Å². The van der Waals surface area contributed by atoms with E-state index in [0.717, 1.165) is 23.4 Å². The van der Waals surface area contributed by atoms with Gasteiger partial charge in [-0.3, -0.25) is 9.48 Å². The molecule has 3 aromatic rings. The molecule has 10 heteroatoms. The lowest BCUT2D eigenvalue weighted by Gasteiger charge is -2.35. The molecule has 190 valence electrons. The van der Waals surface area contributed by atoms with Crippen LogP contribution in [0.3, 0.4) is 0 Å². The quantitative estimate of drug-likeness (QED) is 0.508. The van der Waals surface area contributed by atoms with Crippen molar-refractivity contribution in [3.63, 3.8) is 0 Å². The number of para-hydroxylation sites is 2. The van der Waals surface area contributed by atoms with Crippen LogP contribution < -0.4 is 9.64 Å². The predicted octanol–water partition coefficient (Wildman–Crippen LogP) is 2.53. The molecule has 2 aromatic carbocycles. The summed E-state index contributed by atoms with van der Waals surface area (Å²) in [5.41, 5.74) is 3.40. The molecule has 1 amide bonds. The first-order chi connectivity index (χ1) is 17.4. The summed E-state index contributed by atoms with van der Waals surface area (Å²) in [6.45, 7) is 5.13. The number of hydrogen-bond donors (Lipinski definition) is 0. The Morgan fingerprint density at radius 1 is 0.972 bits per heavy atom. The topological polar surface area (TPSA) is 88.0 Å². The van der Waals surface area contributed by atoms with Gasteiger partial charge in [0.15, 0.2) is 0 Å². The molecule has 0 saturated carbocycles. The van der Waals surface area contributed by atoms with E-state index in [1.165, 1.54) is 20.7 Å². The lowest BCUT2D eigenvalue weighted by atomic mass is 9.99. The van der Waals surface area contributed by atoms with Crippen LogP contribution >= 0.6 is 0 Å². The van der Waals surface area contributed by atoms with E-state index >= 15 is 0 Å². The number of carbonyl (C=O) groups excluding carboxylic acids is 1.